The monoisotopic (exact) mass is 280 g/mol. The largest absolute Gasteiger partial charge is 0.313 e. The Morgan fingerprint density at radius 2 is 1.80 bits per heavy atom. The van der Waals surface area contributed by atoms with Gasteiger partial charge in [0.15, 0.2) is 0 Å². The Bertz CT molecular complexity index is 434. The van der Waals surface area contributed by atoms with Crippen molar-refractivity contribution < 1.29 is 8.78 Å². The molecule has 0 radical (unpaired) electrons. The summed E-state index contributed by atoms with van der Waals surface area (Å²) in [7, 11) is 0. The lowest BCUT2D eigenvalue weighted by Gasteiger charge is -2.25. The first-order valence-corrected chi connectivity index (χ1v) is 7.60. The quantitative estimate of drug-likeness (QED) is 0.862. The summed E-state index contributed by atoms with van der Waals surface area (Å²) in [6, 6.07) is 4.37. The van der Waals surface area contributed by atoms with Gasteiger partial charge in [0.1, 0.15) is 11.6 Å². The first-order valence-electron chi connectivity index (χ1n) is 7.60. The van der Waals surface area contributed by atoms with Crippen LogP contribution in [0.1, 0.15) is 31.2 Å². The summed E-state index contributed by atoms with van der Waals surface area (Å²) in [5.41, 5.74) is 0.737. The van der Waals surface area contributed by atoms with Crippen molar-refractivity contribution in [2.24, 2.45) is 5.92 Å². The molecule has 4 heteroatoms. The third-order valence-electron chi connectivity index (χ3n) is 4.18. The highest BCUT2D eigenvalue weighted by atomic mass is 19.1. The SMILES string of the molecule is Fc1cc(F)cc(CN(CC2CC2)CC2CCCN2)c1. The minimum atomic E-state index is -0.481. The number of nitrogens with one attached hydrogen (secondary N) is 1. The van der Waals surface area contributed by atoms with Gasteiger partial charge in [-0.25, -0.2) is 8.78 Å². The smallest absolute Gasteiger partial charge is 0.126 e. The molecular weight excluding hydrogens is 258 g/mol. The highest BCUT2D eigenvalue weighted by molar-refractivity contribution is 5.17. The van der Waals surface area contributed by atoms with Gasteiger partial charge in [0.2, 0.25) is 0 Å². The fourth-order valence-electron chi connectivity index (χ4n) is 3.05. The maximum atomic E-state index is 13.3. The van der Waals surface area contributed by atoms with Gasteiger partial charge in [-0.05, 0) is 55.8 Å². The van der Waals surface area contributed by atoms with Crippen LogP contribution in [0, 0.1) is 17.6 Å². The molecule has 0 spiro atoms. The van der Waals surface area contributed by atoms with Gasteiger partial charge in [0, 0.05) is 31.7 Å². The van der Waals surface area contributed by atoms with Gasteiger partial charge >= 0.3 is 0 Å². The molecule has 0 amide bonds. The lowest BCUT2D eigenvalue weighted by molar-refractivity contribution is 0.231. The molecule has 110 valence electrons. The second kappa shape index (κ2) is 6.19. The average Bonchev–Trinajstić information content (AvgIpc) is 3.02. The molecule has 1 atom stereocenters. The van der Waals surface area contributed by atoms with Crippen molar-refractivity contribution in [3.05, 3.63) is 35.4 Å². The first kappa shape index (κ1) is 14.0. The van der Waals surface area contributed by atoms with Crippen LogP contribution in [-0.4, -0.2) is 30.6 Å². The van der Waals surface area contributed by atoms with E-state index in [0.717, 1.165) is 37.2 Å². The van der Waals surface area contributed by atoms with Crippen molar-refractivity contribution in [2.75, 3.05) is 19.6 Å². The predicted octanol–water partition coefficient (Wildman–Crippen LogP) is 2.93. The van der Waals surface area contributed by atoms with Crippen LogP contribution in [0.5, 0.6) is 0 Å². The maximum absolute atomic E-state index is 13.3. The summed E-state index contributed by atoms with van der Waals surface area (Å²) < 4.78 is 26.6. The van der Waals surface area contributed by atoms with E-state index >= 15 is 0 Å². The topological polar surface area (TPSA) is 15.3 Å². The van der Waals surface area contributed by atoms with E-state index in [4.69, 9.17) is 0 Å². The molecule has 0 aromatic heterocycles. The zero-order valence-electron chi connectivity index (χ0n) is 11.7. The molecule has 1 heterocycles. The molecule has 1 aromatic rings. The second-order valence-corrected chi connectivity index (χ2v) is 6.21. The molecule has 2 nitrogen and oxygen atoms in total. The number of benzene rings is 1. The molecule has 0 bridgehead atoms. The van der Waals surface area contributed by atoms with E-state index in [1.807, 2.05) is 0 Å². The van der Waals surface area contributed by atoms with Crippen LogP contribution in [-0.2, 0) is 6.54 Å². The highest BCUT2D eigenvalue weighted by Gasteiger charge is 2.26. The number of hydrogen-bond acceptors (Lipinski definition) is 2. The van der Waals surface area contributed by atoms with E-state index in [1.165, 1.54) is 37.8 Å². The second-order valence-electron chi connectivity index (χ2n) is 6.21. The molecule has 20 heavy (non-hydrogen) atoms. The zero-order chi connectivity index (χ0) is 13.9. The van der Waals surface area contributed by atoms with E-state index < -0.39 is 11.6 Å². The molecule has 1 unspecified atom stereocenters. The third-order valence-corrected chi connectivity index (χ3v) is 4.18. The van der Waals surface area contributed by atoms with Crippen molar-refractivity contribution in [1.29, 1.82) is 0 Å². The van der Waals surface area contributed by atoms with Gasteiger partial charge in [-0.2, -0.15) is 0 Å². The average molecular weight is 280 g/mol. The molecule has 3 rings (SSSR count). The van der Waals surface area contributed by atoms with Crippen LogP contribution in [0.25, 0.3) is 0 Å². The number of halogens is 2. The molecule has 1 aliphatic heterocycles. The maximum Gasteiger partial charge on any atom is 0.126 e. The van der Waals surface area contributed by atoms with Crippen molar-refractivity contribution in [3.8, 4) is 0 Å². The summed E-state index contributed by atoms with van der Waals surface area (Å²) in [6.45, 7) is 3.77. The number of nitrogens with zero attached hydrogens (tertiary/aromatic N) is 1. The third kappa shape index (κ3) is 4.00. The Balaban J connectivity index is 1.64. The van der Waals surface area contributed by atoms with Gasteiger partial charge in [-0.15, -0.1) is 0 Å². The lowest BCUT2D eigenvalue weighted by Crippen LogP contribution is -2.38. The minimum Gasteiger partial charge on any atom is -0.313 e. The Kier molecular flexibility index (Phi) is 4.32. The summed E-state index contributed by atoms with van der Waals surface area (Å²) >= 11 is 0. The Morgan fingerprint density at radius 1 is 1.05 bits per heavy atom. The van der Waals surface area contributed by atoms with Crippen LogP contribution >= 0.6 is 0 Å². The summed E-state index contributed by atoms with van der Waals surface area (Å²) in [6.07, 6.45) is 5.04. The van der Waals surface area contributed by atoms with Crippen molar-refractivity contribution in [2.45, 2.75) is 38.3 Å². The van der Waals surface area contributed by atoms with Crippen LogP contribution < -0.4 is 5.32 Å². The normalized spacial score (nSPS) is 22.6. The molecule has 1 saturated heterocycles. The predicted molar refractivity (Wildman–Crippen MR) is 75.4 cm³/mol. The molecule has 1 aliphatic carbocycles. The van der Waals surface area contributed by atoms with Crippen LogP contribution in [0.2, 0.25) is 0 Å². The molecule has 2 aliphatic rings. The van der Waals surface area contributed by atoms with E-state index in [1.54, 1.807) is 0 Å². The Labute approximate surface area is 119 Å². The van der Waals surface area contributed by atoms with E-state index in [-0.39, 0.29) is 0 Å². The molecule has 1 N–H and O–H groups in total. The fourth-order valence-corrected chi connectivity index (χ4v) is 3.05. The van der Waals surface area contributed by atoms with Crippen molar-refractivity contribution in [1.82, 2.24) is 10.2 Å². The van der Waals surface area contributed by atoms with Gasteiger partial charge in [0.25, 0.3) is 0 Å². The zero-order valence-corrected chi connectivity index (χ0v) is 11.7. The van der Waals surface area contributed by atoms with Gasteiger partial charge in [0.05, 0.1) is 0 Å². The first-order chi connectivity index (χ1) is 9.69. The van der Waals surface area contributed by atoms with Crippen molar-refractivity contribution in [3.63, 3.8) is 0 Å². The molecule has 1 aromatic carbocycles. The molecule has 1 saturated carbocycles. The van der Waals surface area contributed by atoms with E-state index in [2.05, 4.69) is 10.2 Å². The Morgan fingerprint density at radius 3 is 2.40 bits per heavy atom. The minimum absolute atomic E-state index is 0.481. The highest BCUT2D eigenvalue weighted by Crippen LogP contribution is 2.30. The fraction of sp³-hybridized carbons (Fsp3) is 0.625. The molecule has 2 fully saturated rings. The Hall–Kier alpha value is -1.00. The summed E-state index contributed by atoms with van der Waals surface area (Å²) in [4.78, 5) is 2.36. The number of rotatable bonds is 6. The standard InChI is InChI=1S/C16H22F2N2/c17-14-6-13(7-15(18)8-14)10-20(9-12-3-4-12)11-16-2-1-5-19-16/h6-8,12,16,19H,1-5,9-11H2. The van der Waals surface area contributed by atoms with E-state index in [0.29, 0.717) is 12.6 Å². The molecular formula is C16H22F2N2. The van der Waals surface area contributed by atoms with Crippen LogP contribution in [0.4, 0.5) is 8.78 Å². The lowest BCUT2D eigenvalue weighted by atomic mass is 10.1. The van der Waals surface area contributed by atoms with Gasteiger partial charge < -0.3 is 5.32 Å². The van der Waals surface area contributed by atoms with Crippen molar-refractivity contribution >= 4 is 0 Å². The summed E-state index contributed by atoms with van der Waals surface area (Å²) in [5, 5.41) is 3.50. The van der Waals surface area contributed by atoms with Gasteiger partial charge in [-0.1, -0.05) is 0 Å². The summed E-state index contributed by atoms with van der Waals surface area (Å²) in [5.74, 6) is -0.175. The number of hydrogen-bond donors (Lipinski definition) is 1. The van der Waals surface area contributed by atoms with Gasteiger partial charge in [-0.3, -0.25) is 4.90 Å². The van der Waals surface area contributed by atoms with E-state index in [9.17, 15) is 8.78 Å². The van der Waals surface area contributed by atoms with Crippen LogP contribution in [0.3, 0.4) is 0 Å². The van der Waals surface area contributed by atoms with Crippen LogP contribution in [0.15, 0.2) is 18.2 Å².